The van der Waals surface area contributed by atoms with Crippen LogP contribution >= 0.6 is 0 Å². The van der Waals surface area contributed by atoms with Gasteiger partial charge in [0.15, 0.2) is 0 Å². The summed E-state index contributed by atoms with van der Waals surface area (Å²) in [5.74, 6) is -1.60. The minimum atomic E-state index is -3.76. The summed E-state index contributed by atoms with van der Waals surface area (Å²) in [4.78, 5) is 11.7. The Labute approximate surface area is 141 Å². The molecule has 0 saturated carbocycles. The number of hydrogen-bond acceptors (Lipinski definition) is 3. The SMILES string of the molecule is Cc1c(S(=O)(=O)N2CCC[C@@H](C(=O)O)[C@H]2C)c2ccccc2n1C. The van der Waals surface area contributed by atoms with E-state index < -0.39 is 28.0 Å². The molecule has 0 unspecified atom stereocenters. The number of carbonyl (C=O) groups is 1. The third-order valence-electron chi connectivity index (χ3n) is 5.16. The van der Waals surface area contributed by atoms with Crippen molar-refractivity contribution in [2.75, 3.05) is 6.54 Å². The highest BCUT2D eigenvalue weighted by Crippen LogP contribution is 2.35. The van der Waals surface area contributed by atoms with E-state index in [0.29, 0.717) is 35.4 Å². The van der Waals surface area contributed by atoms with Crippen molar-refractivity contribution in [1.82, 2.24) is 8.87 Å². The molecule has 1 aromatic heterocycles. The molecule has 7 heteroatoms. The lowest BCUT2D eigenvalue weighted by atomic mass is 9.92. The van der Waals surface area contributed by atoms with Crippen molar-refractivity contribution in [3.05, 3.63) is 30.0 Å². The van der Waals surface area contributed by atoms with Crippen LogP contribution in [-0.2, 0) is 21.9 Å². The molecule has 1 N–H and O–H groups in total. The number of para-hydroxylation sites is 1. The molecule has 0 aliphatic carbocycles. The van der Waals surface area contributed by atoms with Gasteiger partial charge in [0.25, 0.3) is 0 Å². The molecule has 130 valence electrons. The quantitative estimate of drug-likeness (QED) is 0.921. The smallest absolute Gasteiger partial charge is 0.308 e. The summed E-state index contributed by atoms with van der Waals surface area (Å²) in [6.07, 6.45) is 1.07. The molecule has 1 aliphatic rings. The van der Waals surface area contributed by atoms with Gasteiger partial charge in [-0.2, -0.15) is 4.31 Å². The first-order chi connectivity index (χ1) is 11.3. The highest BCUT2D eigenvalue weighted by Gasteiger charge is 2.41. The minimum Gasteiger partial charge on any atom is -0.481 e. The molecular formula is C17H22N2O4S. The van der Waals surface area contributed by atoms with Gasteiger partial charge < -0.3 is 9.67 Å². The zero-order chi connectivity index (χ0) is 17.6. The van der Waals surface area contributed by atoms with Crippen molar-refractivity contribution in [2.24, 2.45) is 13.0 Å². The Morgan fingerprint density at radius 1 is 1.29 bits per heavy atom. The van der Waals surface area contributed by atoms with E-state index in [2.05, 4.69) is 0 Å². The number of piperidine rings is 1. The Morgan fingerprint density at radius 2 is 1.96 bits per heavy atom. The summed E-state index contributed by atoms with van der Waals surface area (Å²) >= 11 is 0. The lowest BCUT2D eigenvalue weighted by Crippen LogP contribution is -2.49. The van der Waals surface area contributed by atoms with Crippen LogP contribution < -0.4 is 0 Å². The van der Waals surface area contributed by atoms with E-state index >= 15 is 0 Å². The standard InChI is InChI=1S/C17H22N2O4S/c1-11-13(17(20)21)8-6-10-19(11)24(22,23)16-12(2)18(3)15-9-5-4-7-14(15)16/h4-5,7,9,11,13H,6,8,10H2,1-3H3,(H,20,21)/t11-,13-/m1/s1. The first kappa shape index (κ1) is 17.0. The first-order valence-electron chi connectivity index (χ1n) is 8.05. The summed E-state index contributed by atoms with van der Waals surface area (Å²) < 4.78 is 29.9. The molecule has 1 aromatic carbocycles. The van der Waals surface area contributed by atoms with Gasteiger partial charge >= 0.3 is 5.97 Å². The minimum absolute atomic E-state index is 0.290. The summed E-state index contributed by atoms with van der Waals surface area (Å²) in [5.41, 5.74) is 1.52. The molecule has 6 nitrogen and oxygen atoms in total. The maximum absolute atomic E-state index is 13.3. The van der Waals surface area contributed by atoms with Gasteiger partial charge in [-0.1, -0.05) is 18.2 Å². The summed E-state index contributed by atoms with van der Waals surface area (Å²) in [6, 6.07) is 6.84. The second-order valence-electron chi connectivity index (χ2n) is 6.43. The Bertz CT molecular complexity index is 901. The van der Waals surface area contributed by atoms with E-state index in [1.54, 1.807) is 19.9 Å². The Kier molecular flexibility index (Phi) is 4.17. The van der Waals surface area contributed by atoms with E-state index in [1.165, 1.54) is 4.31 Å². The molecular weight excluding hydrogens is 328 g/mol. The third kappa shape index (κ3) is 2.43. The van der Waals surface area contributed by atoms with E-state index in [0.717, 1.165) is 5.52 Å². The molecule has 1 aliphatic heterocycles. The van der Waals surface area contributed by atoms with Gasteiger partial charge in [-0.05, 0) is 32.8 Å². The predicted molar refractivity (Wildman–Crippen MR) is 91.4 cm³/mol. The maximum atomic E-state index is 13.3. The number of sulfonamides is 1. The van der Waals surface area contributed by atoms with Gasteiger partial charge in [0.1, 0.15) is 4.90 Å². The van der Waals surface area contributed by atoms with Crippen molar-refractivity contribution < 1.29 is 18.3 Å². The largest absolute Gasteiger partial charge is 0.481 e. The predicted octanol–water partition coefficient (Wildman–Crippen LogP) is 2.36. The molecule has 2 aromatic rings. The average molecular weight is 350 g/mol. The number of rotatable bonds is 3. The Balaban J connectivity index is 2.15. The van der Waals surface area contributed by atoms with Crippen molar-refractivity contribution in [3.8, 4) is 0 Å². The molecule has 3 rings (SSSR count). The number of aliphatic carboxylic acids is 1. The monoisotopic (exact) mass is 350 g/mol. The molecule has 2 heterocycles. The molecule has 1 saturated heterocycles. The number of benzene rings is 1. The number of nitrogens with zero attached hydrogens (tertiary/aromatic N) is 2. The van der Waals surface area contributed by atoms with Crippen LogP contribution in [-0.4, -0.2) is 41.0 Å². The molecule has 24 heavy (non-hydrogen) atoms. The van der Waals surface area contributed by atoms with Crippen molar-refractivity contribution in [1.29, 1.82) is 0 Å². The number of aromatic nitrogens is 1. The first-order valence-corrected chi connectivity index (χ1v) is 9.49. The lowest BCUT2D eigenvalue weighted by molar-refractivity contribution is -0.144. The fourth-order valence-electron chi connectivity index (χ4n) is 3.71. The second kappa shape index (κ2) is 5.89. The fraction of sp³-hybridized carbons (Fsp3) is 0.471. The molecule has 0 spiro atoms. The van der Waals surface area contributed by atoms with Gasteiger partial charge in [0, 0.05) is 36.2 Å². The number of aryl methyl sites for hydroxylation is 1. The lowest BCUT2D eigenvalue weighted by Gasteiger charge is -2.36. The van der Waals surface area contributed by atoms with E-state index in [9.17, 15) is 18.3 Å². The topological polar surface area (TPSA) is 79.6 Å². The van der Waals surface area contributed by atoms with Crippen LogP contribution in [0.5, 0.6) is 0 Å². The number of carboxylic acid groups (broad SMARTS) is 1. The Hall–Kier alpha value is -1.86. The highest BCUT2D eigenvalue weighted by atomic mass is 32.2. The zero-order valence-corrected chi connectivity index (χ0v) is 14.9. The van der Waals surface area contributed by atoms with E-state index in [4.69, 9.17) is 0 Å². The van der Waals surface area contributed by atoms with Gasteiger partial charge in [0.05, 0.1) is 5.92 Å². The molecule has 0 bridgehead atoms. The molecule has 0 radical (unpaired) electrons. The number of hydrogen-bond donors (Lipinski definition) is 1. The van der Waals surface area contributed by atoms with Crippen LogP contribution in [0.1, 0.15) is 25.5 Å². The highest BCUT2D eigenvalue weighted by molar-refractivity contribution is 7.89. The fourth-order valence-corrected chi connectivity index (χ4v) is 5.86. The van der Waals surface area contributed by atoms with Crippen molar-refractivity contribution in [3.63, 3.8) is 0 Å². The van der Waals surface area contributed by atoms with Crippen LogP contribution in [0, 0.1) is 12.8 Å². The van der Waals surface area contributed by atoms with Gasteiger partial charge in [-0.3, -0.25) is 4.79 Å². The van der Waals surface area contributed by atoms with Gasteiger partial charge in [0.2, 0.25) is 10.0 Å². The van der Waals surface area contributed by atoms with Crippen molar-refractivity contribution in [2.45, 2.75) is 37.6 Å². The maximum Gasteiger partial charge on any atom is 0.308 e. The van der Waals surface area contributed by atoms with Crippen LogP contribution in [0.25, 0.3) is 10.9 Å². The second-order valence-corrected chi connectivity index (χ2v) is 8.26. The zero-order valence-electron chi connectivity index (χ0n) is 14.1. The summed E-state index contributed by atoms with van der Waals surface area (Å²) in [5, 5.41) is 10.1. The third-order valence-corrected chi connectivity index (χ3v) is 7.32. The summed E-state index contributed by atoms with van der Waals surface area (Å²) in [6.45, 7) is 3.84. The Morgan fingerprint density at radius 3 is 2.62 bits per heavy atom. The normalized spacial score (nSPS) is 22.8. The van der Waals surface area contributed by atoms with E-state index in [-0.39, 0.29) is 0 Å². The van der Waals surface area contributed by atoms with Gasteiger partial charge in [-0.15, -0.1) is 0 Å². The van der Waals surface area contributed by atoms with Crippen LogP contribution in [0.2, 0.25) is 0 Å². The van der Waals surface area contributed by atoms with Crippen molar-refractivity contribution >= 4 is 26.9 Å². The number of carboxylic acids is 1. The average Bonchev–Trinajstić information content (AvgIpc) is 2.79. The van der Waals surface area contributed by atoms with Crippen LogP contribution in [0.3, 0.4) is 0 Å². The van der Waals surface area contributed by atoms with Crippen LogP contribution in [0.4, 0.5) is 0 Å². The molecule has 1 fully saturated rings. The van der Waals surface area contributed by atoms with E-state index in [1.807, 2.05) is 29.8 Å². The van der Waals surface area contributed by atoms with Gasteiger partial charge in [-0.25, -0.2) is 8.42 Å². The molecule has 2 atom stereocenters. The van der Waals surface area contributed by atoms with Crippen LogP contribution in [0.15, 0.2) is 29.2 Å². The molecule has 0 amide bonds. The number of fused-ring (bicyclic) bond motifs is 1. The summed E-state index contributed by atoms with van der Waals surface area (Å²) in [7, 11) is -1.92.